The average molecular weight is 565 g/mol. The molecule has 36 heavy (non-hydrogen) atoms. The van der Waals surface area contributed by atoms with Gasteiger partial charge >= 0.3 is 0 Å². The molecule has 0 amide bonds. The van der Waals surface area contributed by atoms with Gasteiger partial charge in [-0.3, -0.25) is 4.79 Å². The third kappa shape index (κ3) is 5.08. The van der Waals surface area contributed by atoms with E-state index in [0.717, 1.165) is 15.4 Å². The van der Waals surface area contributed by atoms with Crippen LogP contribution in [0.4, 0.5) is 0 Å². The van der Waals surface area contributed by atoms with E-state index in [1.807, 2.05) is 24.3 Å². The first kappa shape index (κ1) is 24.3. The highest BCUT2D eigenvalue weighted by atomic mass is 79.9. The molecule has 0 bridgehead atoms. The maximum absolute atomic E-state index is 13.5. The molecular weight excluding hydrogens is 542 g/mol. The van der Waals surface area contributed by atoms with Gasteiger partial charge in [0.15, 0.2) is 5.76 Å². The van der Waals surface area contributed by atoms with Crippen molar-refractivity contribution in [3.8, 4) is 17.3 Å². The highest BCUT2D eigenvalue weighted by Crippen LogP contribution is 2.29. The third-order valence-corrected chi connectivity index (χ3v) is 6.13. The van der Waals surface area contributed by atoms with Crippen molar-refractivity contribution in [1.82, 2.24) is 9.66 Å². The van der Waals surface area contributed by atoms with Crippen molar-refractivity contribution in [3.05, 3.63) is 92.1 Å². The van der Waals surface area contributed by atoms with Crippen LogP contribution in [0.3, 0.4) is 0 Å². The van der Waals surface area contributed by atoms with Crippen molar-refractivity contribution in [3.63, 3.8) is 0 Å². The lowest BCUT2D eigenvalue weighted by Crippen LogP contribution is -2.20. The van der Waals surface area contributed by atoms with E-state index in [4.69, 9.17) is 25.7 Å². The summed E-state index contributed by atoms with van der Waals surface area (Å²) in [5.74, 6) is 1.36. The molecule has 0 radical (unpaired) electrons. The molecule has 0 fully saturated rings. The van der Waals surface area contributed by atoms with Crippen LogP contribution < -0.4 is 10.3 Å². The highest BCUT2D eigenvalue weighted by Gasteiger charge is 2.17. The van der Waals surface area contributed by atoms with Crippen LogP contribution in [-0.4, -0.2) is 22.5 Å². The van der Waals surface area contributed by atoms with Crippen molar-refractivity contribution in [1.29, 1.82) is 0 Å². The van der Waals surface area contributed by atoms with Gasteiger partial charge in [0.1, 0.15) is 11.3 Å². The Kier molecular flexibility index (Phi) is 6.45. The van der Waals surface area contributed by atoms with E-state index in [9.17, 15) is 4.79 Å². The molecule has 0 saturated carbocycles. The Morgan fingerprint density at radius 3 is 2.72 bits per heavy atom. The fourth-order valence-corrected chi connectivity index (χ4v) is 4.24. The van der Waals surface area contributed by atoms with Gasteiger partial charge in [-0.1, -0.05) is 60.4 Å². The molecular formula is C28H23BrClN3O3. The lowest BCUT2D eigenvalue weighted by atomic mass is 9.99. The van der Waals surface area contributed by atoms with E-state index in [1.165, 1.54) is 4.68 Å². The van der Waals surface area contributed by atoms with Gasteiger partial charge < -0.3 is 9.15 Å². The number of ether oxygens (including phenoxy) is 1. The topological polar surface area (TPSA) is 69.6 Å². The number of benzene rings is 3. The molecule has 0 aliphatic carbocycles. The average Bonchev–Trinajstić information content (AvgIpc) is 3.25. The van der Waals surface area contributed by atoms with Crippen LogP contribution in [0, 0.1) is 5.41 Å². The minimum Gasteiger partial charge on any atom is -0.492 e. The first-order chi connectivity index (χ1) is 17.2. The summed E-state index contributed by atoms with van der Waals surface area (Å²) in [4.78, 5) is 18.3. The van der Waals surface area contributed by atoms with E-state index in [-0.39, 0.29) is 16.8 Å². The fraction of sp³-hybridized carbons (Fsp3) is 0.179. The number of aromatic nitrogens is 2. The number of fused-ring (bicyclic) bond motifs is 2. The van der Waals surface area contributed by atoms with Crippen molar-refractivity contribution in [2.45, 2.75) is 20.8 Å². The standard InChI is InChI=1S/C28H23BrClN3O3/c1-28(2,3)16-35-23-10-8-19(29)12-18(23)15-31-33-26(32-22-7-5-4-6-21(22)27(33)34)25-14-17-13-20(30)9-11-24(17)36-25/h4-15H,16H2,1-3H3. The molecule has 0 saturated heterocycles. The third-order valence-electron chi connectivity index (χ3n) is 5.40. The van der Waals surface area contributed by atoms with Gasteiger partial charge in [-0.2, -0.15) is 9.78 Å². The molecule has 0 aliphatic rings. The Morgan fingerprint density at radius 2 is 1.92 bits per heavy atom. The van der Waals surface area contributed by atoms with Gasteiger partial charge in [0.05, 0.1) is 23.7 Å². The van der Waals surface area contributed by atoms with Gasteiger partial charge in [-0.25, -0.2) is 4.98 Å². The second-order valence-electron chi connectivity index (χ2n) is 9.64. The Labute approximate surface area is 221 Å². The Bertz CT molecular complexity index is 1680. The Hall–Kier alpha value is -3.42. The summed E-state index contributed by atoms with van der Waals surface area (Å²) in [6.45, 7) is 6.84. The summed E-state index contributed by atoms with van der Waals surface area (Å²) < 4.78 is 14.2. The summed E-state index contributed by atoms with van der Waals surface area (Å²) in [5.41, 5.74) is 1.59. The molecule has 0 atom stereocenters. The van der Waals surface area contributed by atoms with Crippen molar-refractivity contribution >= 4 is 55.6 Å². The predicted octanol–water partition coefficient (Wildman–Crippen LogP) is 7.53. The van der Waals surface area contributed by atoms with Crippen LogP contribution in [-0.2, 0) is 0 Å². The molecule has 182 valence electrons. The van der Waals surface area contributed by atoms with Gasteiger partial charge in [0.2, 0.25) is 5.82 Å². The molecule has 2 heterocycles. The van der Waals surface area contributed by atoms with Gasteiger partial charge in [-0.15, -0.1) is 0 Å². The van der Waals surface area contributed by atoms with Crippen LogP contribution in [0.15, 0.2) is 85.5 Å². The molecule has 2 aromatic heterocycles. The molecule has 5 aromatic rings. The summed E-state index contributed by atoms with van der Waals surface area (Å²) in [5, 5.41) is 6.42. The number of hydrogen-bond donors (Lipinski definition) is 0. The summed E-state index contributed by atoms with van der Waals surface area (Å²) in [6.07, 6.45) is 1.60. The normalized spacial score (nSPS) is 12.1. The molecule has 3 aromatic carbocycles. The molecule has 0 N–H and O–H groups in total. The maximum Gasteiger partial charge on any atom is 0.282 e. The van der Waals surface area contributed by atoms with E-state index < -0.39 is 0 Å². The number of furan rings is 1. The van der Waals surface area contributed by atoms with Crippen LogP contribution in [0.2, 0.25) is 5.02 Å². The number of para-hydroxylation sites is 1. The van der Waals surface area contributed by atoms with E-state index in [1.54, 1.807) is 48.7 Å². The Morgan fingerprint density at radius 1 is 1.11 bits per heavy atom. The lowest BCUT2D eigenvalue weighted by molar-refractivity contribution is 0.197. The minimum atomic E-state index is -0.308. The zero-order valence-electron chi connectivity index (χ0n) is 20.0. The van der Waals surface area contributed by atoms with Crippen LogP contribution in [0.25, 0.3) is 33.5 Å². The summed E-state index contributed by atoms with van der Waals surface area (Å²) >= 11 is 9.67. The van der Waals surface area contributed by atoms with Crippen molar-refractivity contribution in [2.75, 3.05) is 6.61 Å². The van der Waals surface area contributed by atoms with Crippen LogP contribution in [0.5, 0.6) is 5.75 Å². The number of halogens is 2. The largest absolute Gasteiger partial charge is 0.492 e. The molecule has 6 nitrogen and oxygen atoms in total. The van der Waals surface area contributed by atoms with Crippen molar-refractivity contribution < 1.29 is 9.15 Å². The summed E-state index contributed by atoms with van der Waals surface area (Å²) in [7, 11) is 0. The lowest BCUT2D eigenvalue weighted by Gasteiger charge is -2.19. The second-order valence-corrected chi connectivity index (χ2v) is 11.0. The number of hydrogen-bond acceptors (Lipinski definition) is 5. The van der Waals surface area contributed by atoms with Crippen LogP contribution >= 0.6 is 27.5 Å². The first-order valence-electron chi connectivity index (χ1n) is 11.4. The monoisotopic (exact) mass is 563 g/mol. The minimum absolute atomic E-state index is 0.0158. The van der Waals surface area contributed by atoms with E-state index in [0.29, 0.717) is 39.6 Å². The molecule has 0 unspecified atom stereocenters. The molecule has 0 spiro atoms. The van der Waals surface area contributed by atoms with Crippen LogP contribution in [0.1, 0.15) is 26.3 Å². The highest BCUT2D eigenvalue weighted by molar-refractivity contribution is 9.10. The van der Waals surface area contributed by atoms with Gasteiger partial charge in [0.25, 0.3) is 5.56 Å². The quantitative estimate of drug-likeness (QED) is 0.207. The smallest absolute Gasteiger partial charge is 0.282 e. The van der Waals surface area contributed by atoms with E-state index in [2.05, 4.69) is 41.8 Å². The predicted molar refractivity (Wildman–Crippen MR) is 148 cm³/mol. The zero-order valence-corrected chi connectivity index (χ0v) is 22.3. The first-order valence-corrected chi connectivity index (χ1v) is 12.5. The number of nitrogens with zero attached hydrogens (tertiary/aromatic N) is 3. The molecule has 5 rings (SSSR count). The summed E-state index contributed by atoms with van der Waals surface area (Å²) in [6, 6.07) is 20.0. The second kappa shape index (κ2) is 9.56. The molecule has 8 heteroatoms. The van der Waals surface area contributed by atoms with Gasteiger partial charge in [0, 0.05) is 20.4 Å². The fourth-order valence-electron chi connectivity index (χ4n) is 3.68. The van der Waals surface area contributed by atoms with Gasteiger partial charge in [-0.05, 0) is 60.0 Å². The SMILES string of the molecule is CC(C)(C)COc1ccc(Br)cc1C=Nn1c(-c2cc3cc(Cl)ccc3o2)nc2ccccc2c1=O. The number of rotatable bonds is 5. The van der Waals surface area contributed by atoms with E-state index >= 15 is 0 Å². The maximum atomic E-state index is 13.5. The molecule has 0 aliphatic heterocycles. The Balaban J connectivity index is 1.66. The zero-order chi connectivity index (χ0) is 25.4. The van der Waals surface area contributed by atoms with Crippen molar-refractivity contribution in [2.24, 2.45) is 10.5 Å².